The lowest BCUT2D eigenvalue weighted by molar-refractivity contribution is 0.103. The first kappa shape index (κ1) is 15.1. The summed E-state index contributed by atoms with van der Waals surface area (Å²) in [4.78, 5) is 16.2. The van der Waals surface area contributed by atoms with Crippen molar-refractivity contribution in [3.8, 4) is 0 Å². The van der Waals surface area contributed by atoms with Crippen LogP contribution in [0.4, 0.5) is 4.39 Å². The minimum Gasteiger partial charge on any atom is -0.287 e. The molecule has 0 saturated heterocycles. The van der Waals surface area contributed by atoms with Crippen molar-refractivity contribution < 1.29 is 9.18 Å². The van der Waals surface area contributed by atoms with E-state index >= 15 is 0 Å². The number of carbonyl (C=O) groups excluding carboxylic acids is 1. The highest BCUT2D eigenvalue weighted by Crippen LogP contribution is 2.30. The van der Waals surface area contributed by atoms with E-state index in [1.54, 1.807) is 6.07 Å². The van der Waals surface area contributed by atoms with Crippen molar-refractivity contribution in [1.82, 2.24) is 4.98 Å². The van der Waals surface area contributed by atoms with Gasteiger partial charge in [-0.2, -0.15) is 0 Å². The molecule has 1 heterocycles. The summed E-state index contributed by atoms with van der Waals surface area (Å²) in [5, 5.41) is -0.126. The van der Waals surface area contributed by atoms with Crippen molar-refractivity contribution in [3.63, 3.8) is 0 Å². The van der Waals surface area contributed by atoms with Crippen molar-refractivity contribution in [2.24, 2.45) is 0 Å². The second-order valence-corrected chi connectivity index (χ2v) is 6.54. The lowest BCUT2D eigenvalue weighted by atomic mass is 10.1. The molecule has 0 N–H and O–H groups in total. The van der Waals surface area contributed by atoms with Crippen molar-refractivity contribution in [2.75, 3.05) is 0 Å². The summed E-state index contributed by atoms with van der Waals surface area (Å²) in [6.07, 6.45) is 1.47. The van der Waals surface area contributed by atoms with E-state index in [0.29, 0.717) is 13.4 Å². The molecule has 2 aromatic rings. The van der Waals surface area contributed by atoms with Gasteiger partial charge >= 0.3 is 0 Å². The summed E-state index contributed by atoms with van der Waals surface area (Å²) in [5.41, 5.74) is 0.00390. The van der Waals surface area contributed by atoms with E-state index in [0.717, 1.165) is 0 Å². The highest BCUT2D eigenvalue weighted by Gasteiger charge is 2.21. The molecule has 0 unspecified atom stereocenters. The Labute approximate surface area is 138 Å². The molecular weight excluding hydrogens is 468 g/mol. The number of hydrogen-bond donors (Lipinski definition) is 0. The second kappa shape index (κ2) is 5.99. The molecule has 0 saturated carbocycles. The van der Waals surface area contributed by atoms with Gasteiger partial charge in [0.05, 0.1) is 10.6 Å². The molecule has 98 valence electrons. The van der Waals surface area contributed by atoms with Crippen LogP contribution in [0.3, 0.4) is 0 Å². The average Bonchev–Trinajstić information content (AvgIpc) is 2.35. The quantitative estimate of drug-likeness (QED) is 0.433. The van der Waals surface area contributed by atoms with Crippen molar-refractivity contribution in [2.45, 2.75) is 0 Å². The van der Waals surface area contributed by atoms with Gasteiger partial charge in [0.25, 0.3) is 0 Å². The predicted molar refractivity (Wildman–Crippen MR) is 82.2 cm³/mol. The smallest absolute Gasteiger partial charge is 0.215 e. The number of carbonyl (C=O) groups is 1. The van der Waals surface area contributed by atoms with Gasteiger partial charge in [0.1, 0.15) is 5.69 Å². The zero-order chi connectivity index (χ0) is 14.2. The lowest BCUT2D eigenvalue weighted by Gasteiger charge is -2.06. The minimum absolute atomic E-state index is 0.122. The van der Waals surface area contributed by atoms with Crippen molar-refractivity contribution in [3.05, 3.63) is 59.9 Å². The summed E-state index contributed by atoms with van der Waals surface area (Å²) in [5.74, 6) is -1.30. The third-order valence-electron chi connectivity index (χ3n) is 2.30. The third kappa shape index (κ3) is 3.07. The Kier molecular flexibility index (Phi) is 4.76. The van der Waals surface area contributed by atoms with Crippen LogP contribution in [-0.4, -0.2) is 10.8 Å². The first-order chi connectivity index (χ1) is 8.91. The Morgan fingerprint density at radius 1 is 1.21 bits per heavy atom. The Bertz CT molecular complexity index is 678. The molecule has 0 spiro atoms. The molecule has 0 amide bonds. The van der Waals surface area contributed by atoms with E-state index in [2.05, 4.69) is 52.8 Å². The fraction of sp³-hybridized carbons (Fsp3) is 0. The molecule has 7 heteroatoms. The fourth-order valence-corrected chi connectivity index (χ4v) is 3.05. The van der Waals surface area contributed by atoms with Gasteiger partial charge in [0.2, 0.25) is 5.78 Å². The van der Waals surface area contributed by atoms with E-state index in [1.807, 2.05) is 0 Å². The summed E-state index contributed by atoms with van der Waals surface area (Å²) in [6.45, 7) is 0. The summed E-state index contributed by atoms with van der Waals surface area (Å²) in [6, 6.07) is 4.55. The zero-order valence-electron chi connectivity index (χ0n) is 9.05. The van der Waals surface area contributed by atoms with E-state index < -0.39 is 11.6 Å². The molecule has 0 aliphatic rings. The highest BCUT2D eigenvalue weighted by atomic mass is 79.9. The number of rotatable bonds is 2. The number of ketones is 1. The molecule has 0 aliphatic carbocycles. The Balaban J connectivity index is 2.53. The first-order valence-corrected chi connectivity index (χ1v) is 7.66. The number of hydrogen-bond acceptors (Lipinski definition) is 2. The fourth-order valence-electron chi connectivity index (χ4n) is 1.41. The standard InChI is InChI=1S/C12H4Br3ClFNO/c13-5-3-8(15)11(18-4-5)12(19)6-1-2-7(14)9(16)10(6)17/h1-4H. The summed E-state index contributed by atoms with van der Waals surface area (Å²) >= 11 is 15.3. The van der Waals surface area contributed by atoms with E-state index in [-0.39, 0.29) is 16.3 Å². The molecule has 1 aromatic carbocycles. The Hall–Kier alpha value is -0.300. The predicted octanol–water partition coefficient (Wildman–Crippen LogP) is 5.39. The number of aromatic nitrogens is 1. The molecule has 1 aromatic heterocycles. The maximum Gasteiger partial charge on any atom is 0.215 e. The van der Waals surface area contributed by atoms with Crippen LogP contribution in [0.25, 0.3) is 0 Å². The summed E-state index contributed by atoms with van der Waals surface area (Å²) < 4.78 is 15.6. The van der Waals surface area contributed by atoms with Crippen LogP contribution in [0.5, 0.6) is 0 Å². The topological polar surface area (TPSA) is 30.0 Å². The molecule has 0 aliphatic heterocycles. The summed E-state index contributed by atoms with van der Waals surface area (Å²) in [7, 11) is 0. The van der Waals surface area contributed by atoms with Gasteiger partial charge in [-0.25, -0.2) is 4.39 Å². The maximum absolute atomic E-state index is 14.0. The van der Waals surface area contributed by atoms with Crippen LogP contribution in [0.1, 0.15) is 16.1 Å². The Morgan fingerprint density at radius 2 is 1.89 bits per heavy atom. The van der Waals surface area contributed by atoms with Crippen molar-refractivity contribution >= 4 is 65.2 Å². The largest absolute Gasteiger partial charge is 0.287 e. The molecule has 0 bridgehead atoms. The number of pyridine rings is 1. The number of benzene rings is 1. The minimum atomic E-state index is -0.766. The van der Waals surface area contributed by atoms with Gasteiger partial charge in [-0.05, 0) is 66.0 Å². The Morgan fingerprint density at radius 3 is 2.53 bits per heavy atom. The van der Waals surface area contributed by atoms with Crippen LogP contribution in [0.15, 0.2) is 37.8 Å². The highest BCUT2D eigenvalue weighted by molar-refractivity contribution is 9.11. The molecular formula is C12H4Br3ClFNO. The van der Waals surface area contributed by atoms with E-state index in [9.17, 15) is 9.18 Å². The van der Waals surface area contributed by atoms with Gasteiger partial charge in [-0.1, -0.05) is 11.6 Å². The molecule has 19 heavy (non-hydrogen) atoms. The molecule has 2 rings (SSSR count). The van der Waals surface area contributed by atoms with Crippen LogP contribution in [0, 0.1) is 5.82 Å². The average molecular weight is 472 g/mol. The van der Waals surface area contributed by atoms with Gasteiger partial charge in [0, 0.05) is 19.6 Å². The number of halogens is 5. The SMILES string of the molecule is O=C(c1ccc(Br)c(Cl)c1F)c1ncc(Br)cc1Br. The van der Waals surface area contributed by atoms with E-state index in [1.165, 1.54) is 18.3 Å². The van der Waals surface area contributed by atoms with Gasteiger partial charge in [-0.3, -0.25) is 9.78 Å². The first-order valence-electron chi connectivity index (χ1n) is 4.91. The van der Waals surface area contributed by atoms with E-state index in [4.69, 9.17) is 11.6 Å². The second-order valence-electron chi connectivity index (χ2n) is 3.54. The molecule has 0 radical (unpaired) electrons. The maximum atomic E-state index is 14.0. The van der Waals surface area contributed by atoms with Crippen molar-refractivity contribution in [1.29, 1.82) is 0 Å². The lowest BCUT2D eigenvalue weighted by Crippen LogP contribution is -2.08. The third-order valence-corrected chi connectivity index (χ3v) is 4.60. The normalized spacial score (nSPS) is 10.6. The van der Waals surface area contributed by atoms with Crippen LogP contribution >= 0.6 is 59.4 Å². The van der Waals surface area contributed by atoms with Crippen LogP contribution in [0.2, 0.25) is 5.02 Å². The van der Waals surface area contributed by atoms with Crippen LogP contribution in [-0.2, 0) is 0 Å². The molecule has 0 fully saturated rings. The van der Waals surface area contributed by atoms with Gasteiger partial charge in [0.15, 0.2) is 5.82 Å². The monoisotopic (exact) mass is 469 g/mol. The molecule has 0 atom stereocenters. The van der Waals surface area contributed by atoms with Gasteiger partial charge in [-0.15, -0.1) is 0 Å². The zero-order valence-corrected chi connectivity index (χ0v) is 14.6. The number of nitrogens with zero attached hydrogens (tertiary/aromatic N) is 1. The van der Waals surface area contributed by atoms with Crippen LogP contribution < -0.4 is 0 Å². The molecule has 2 nitrogen and oxygen atoms in total. The van der Waals surface area contributed by atoms with Gasteiger partial charge < -0.3 is 0 Å².